The van der Waals surface area contributed by atoms with Crippen LogP contribution in [0.3, 0.4) is 0 Å². The average Bonchev–Trinajstić information content (AvgIpc) is 1.82. The Morgan fingerprint density at radius 1 is 1.70 bits per heavy atom. The molecule has 0 spiro atoms. The van der Waals surface area contributed by atoms with Gasteiger partial charge in [0.1, 0.15) is 0 Å². The molecule has 0 amide bonds. The second kappa shape index (κ2) is 7.88. The Balaban J connectivity index is 0. The van der Waals surface area contributed by atoms with Crippen LogP contribution in [0, 0.1) is 0 Å². The number of aliphatic carboxylic acids is 1. The van der Waals surface area contributed by atoms with Gasteiger partial charge in [0.15, 0.2) is 6.10 Å². The van der Waals surface area contributed by atoms with Gasteiger partial charge in [-0.05, 0) is 18.4 Å². The molecule has 0 saturated carbocycles. The van der Waals surface area contributed by atoms with E-state index in [-0.39, 0.29) is 29.6 Å². The minimum absolute atomic E-state index is 0. The third-order valence-electron chi connectivity index (χ3n) is 0.880. The minimum atomic E-state index is -1.18. The van der Waals surface area contributed by atoms with E-state index in [9.17, 15) is 4.79 Å². The van der Waals surface area contributed by atoms with Gasteiger partial charge in [0.05, 0.1) is 0 Å². The van der Waals surface area contributed by atoms with Gasteiger partial charge in [-0.2, -0.15) is 11.8 Å². The van der Waals surface area contributed by atoms with Crippen LogP contribution in [0.4, 0.5) is 0 Å². The Kier molecular flexibility index (Phi) is 10.5. The van der Waals surface area contributed by atoms with Crippen LogP contribution < -0.4 is 0 Å². The molecule has 3 nitrogen and oxygen atoms in total. The van der Waals surface area contributed by atoms with Gasteiger partial charge in [0.25, 0.3) is 0 Å². The Bertz CT molecular complexity index is 98.9. The summed E-state index contributed by atoms with van der Waals surface area (Å²) in [6.07, 6.45) is 1.02. The molecule has 0 fully saturated rings. The molecule has 55 valence electrons. The van der Waals surface area contributed by atoms with Crippen LogP contribution in [0.2, 0.25) is 0 Å². The molecular weight excluding hydrogens is 163 g/mol. The number of hydrogen-bond donors (Lipinski definition) is 2. The van der Waals surface area contributed by atoms with Crippen LogP contribution in [-0.4, -0.2) is 63.9 Å². The van der Waals surface area contributed by atoms with Crippen LogP contribution in [0.25, 0.3) is 0 Å². The number of thioether (sulfide) groups is 1. The maximum atomic E-state index is 9.95. The summed E-state index contributed by atoms with van der Waals surface area (Å²) in [5, 5.41) is 16.8. The molecule has 0 aromatic carbocycles. The fourth-order valence-corrected chi connectivity index (χ4v) is 0.812. The predicted molar refractivity (Wildman–Crippen MR) is 42.4 cm³/mol. The van der Waals surface area contributed by atoms with Crippen molar-refractivity contribution in [3.63, 3.8) is 0 Å². The maximum Gasteiger partial charge on any atom is 0.332 e. The average molecular weight is 173 g/mol. The van der Waals surface area contributed by atoms with Crippen LogP contribution in [0.5, 0.6) is 0 Å². The molecule has 2 N–H and O–H groups in total. The molecule has 0 bridgehead atoms. The second-order valence-electron chi connectivity index (χ2n) is 1.64. The normalized spacial score (nSPS) is 11.8. The Morgan fingerprint density at radius 3 is 2.50 bits per heavy atom. The van der Waals surface area contributed by atoms with Crippen molar-refractivity contribution in [3.05, 3.63) is 0 Å². The smallest absolute Gasteiger partial charge is 0.332 e. The number of hydrogen-bond acceptors (Lipinski definition) is 3. The number of rotatable bonds is 4. The van der Waals surface area contributed by atoms with Gasteiger partial charge >= 0.3 is 5.97 Å². The number of aliphatic hydroxyl groups excluding tert-OH is 1. The first-order valence-corrected chi connectivity index (χ1v) is 3.97. The van der Waals surface area contributed by atoms with Gasteiger partial charge < -0.3 is 10.2 Å². The van der Waals surface area contributed by atoms with Crippen LogP contribution in [0.1, 0.15) is 6.42 Å². The third kappa shape index (κ3) is 6.89. The molecule has 0 aromatic heterocycles. The van der Waals surface area contributed by atoms with Crippen molar-refractivity contribution in [1.82, 2.24) is 0 Å². The standard InChI is InChI=1S/C5H10O3S.Na/c1-9-3-2-4(6)5(7)8;/h4,6H,2-3H2,1H3,(H,7,8);. The Labute approximate surface area is 86.5 Å². The SMILES string of the molecule is CSCCC(O)C(=O)O.[Na]. The first kappa shape index (κ1) is 13.4. The third-order valence-corrected chi connectivity index (χ3v) is 1.52. The Morgan fingerprint density at radius 2 is 2.20 bits per heavy atom. The number of carboxylic acids is 1. The molecular formula is C5H10NaO3S. The predicted octanol–water partition coefficient (Wildman–Crippen LogP) is -0.196. The summed E-state index contributed by atoms with van der Waals surface area (Å²) in [6.45, 7) is 0. The van der Waals surface area contributed by atoms with Crippen molar-refractivity contribution in [1.29, 1.82) is 0 Å². The zero-order valence-corrected chi connectivity index (χ0v) is 9.02. The first-order chi connectivity index (χ1) is 4.18. The molecule has 0 saturated heterocycles. The van der Waals surface area contributed by atoms with Crippen molar-refractivity contribution < 1.29 is 15.0 Å². The first-order valence-electron chi connectivity index (χ1n) is 2.58. The minimum Gasteiger partial charge on any atom is -0.479 e. The molecule has 10 heavy (non-hydrogen) atoms. The summed E-state index contributed by atoms with van der Waals surface area (Å²) in [7, 11) is 0. The van der Waals surface area contributed by atoms with E-state index in [0.29, 0.717) is 12.2 Å². The van der Waals surface area contributed by atoms with E-state index in [2.05, 4.69) is 0 Å². The molecule has 1 atom stereocenters. The van der Waals surface area contributed by atoms with Gasteiger partial charge in [-0.15, -0.1) is 0 Å². The summed E-state index contributed by atoms with van der Waals surface area (Å²) in [4.78, 5) is 9.95. The monoisotopic (exact) mass is 173 g/mol. The van der Waals surface area contributed by atoms with Gasteiger partial charge in [-0.1, -0.05) is 0 Å². The fraction of sp³-hybridized carbons (Fsp3) is 0.800. The van der Waals surface area contributed by atoms with E-state index in [1.165, 1.54) is 11.8 Å². The van der Waals surface area contributed by atoms with Gasteiger partial charge in [0.2, 0.25) is 0 Å². The molecule has 0 aliphatic heterocycles. The molecule has 0 heterocycles. The Hall–Kier alpha value is 0.780. The maximum absolute atomic E-state index is 9.95. The molecule has 1 radical (unpaired) electrons. The summed E-state index contributed by atoms with van der Waals surface area (Å²) in [5.41, 5.74) is 0. The number of carbonyl (C=O) groups is 1. The summed E-state index contributed by atoms with van der Waals surface area (Å²) in [5.74, 6) is -0.447. The van der Waals surface area contributed by atoms with Gasteiger partial charge in [-0.3, -0.25) is 0 Å². The fourth-order valence-electron chi connectivity index (χ4n) is 0.353. The summed E-state index contributed by atoms with van der Waals surface area (Å²) < 4.78 is 0. The zero-order chi connectivity index (χ0) is 7.28. The topological polar surface area (TPSA) is 57.5 Å². The van der Waals surface area contributed by atoms with Crippen LogP contribution in [-0.2, 0) is 4.79 Å². The molecule has 0 aliphatic rings. The van der Waals surface area contributed by atoms with Gasteiger partial charge in [-0.25, -0.2) is 4.79 Å². The molecule has 0 aliphatic carbocycles. The van der Waals surface area contributed by atoms with Gasteiger partial charge in [0, 0.05) is 29.6 Å². The summed E-state index contributed by atoms with van der Waals surface area (Å²) >= 11 is 1.52. The van der Waals surface area contributed by atoms with Crippen molar-refractivity contribution in [2.24, 2.45) is 0 Å². The van der Waals surface area contributed by atoms with E-state index in [1.807, 2.05) is 6.26 Å². The van der Waals surface area contributed by atoms with E-state index >= 15 is 0 Å². The largest absolute Gasteiger partial charge is 0.479 e. The van der Waals surface area contributed by atoms with Crippen molar-refractivity contribution in [2.45, 2.75) is 12.5 Å². The molecule has 0 aromatic rings. The van der Waals surface area contributed by atoms with Crippen LogP contribution in [0.15, 0.2) is 0 Å². The molecule has 5 heteroatoms. The number of carboxylic acid groups (broad SMARTS) is 1. The second-order valence-corrected chi connectivity index (χ2v) is 2.62. The van der Waals surface area contributed by atoms with Crippen molar-refractivity contribution in [3.8, 4) is 0 Å². The van der Waals surface area contributed by atoms with Crippen molar-refractivity contribution in [2.75, 3.05) is 12.0 Å². The van der Waals surface area contributed by atoms with E-state index in [0.717, 1.165) is 0 Å². The van der Waals surface area contributed by atoms with Crippen molar-refractivity contribution >= 4 is 47.3 Å². The van der Waals surface area contributed by atoms with E-state index < -0.39 is 12.1 Å². The quantitative estimate of drug-likeness (QED) is 0.578. The zero-order valence-electron chi connectivity index (χ0n) is 6.20. The number of aliphatic hydroxyl groups is 1. The van der Waals surface area contributed by atoms with Crippen LogP contribution >= 0.6 is 11.8 Å². The van der Waals surface area contributed by atoms with E-state index in [1.54, 1.807) is 0 Å². The summed E-state index contributed by atoms with van der Waals surface area (Å²) in [6, 6.07) is 0. The van der Waals surface area contributed by atoms with E-state index in [4.69, 9.17) is 10.2 Å². The molecule has 1 unspecified atom stereocenters. The molecule has 0 rings (SSSR count).